The summed E-state index contributed by atoms with van der Waals surface area (Å²) in [5, 5.41) is 17.6. The number of aliphatic hydroxyl groups is 1. The van der Waals surface area contributed by atoms with E-state index >= 15 is 0 Å². The number of halogens is 1. The molecule has 1 atom stereocenters. The van der Waals surface area contributed by atoms with Crippen LogP contribution in [0, 0.1) is 0 Å². The Balaban J connectivity index is 2.64. The van der Waals surface area contributed by atoms with Crippen molar-refractivity contribution in [2.75, 3.05) is 0 Å². The minimum Gasteiger partial charge on any atom is -0.481 e. The highest BCUT2D eigenvalue weighted by atomic mass is 35.5. The van der Waals surface area contributed by atoms with Crippen molar-refractivity contribution in [1.82, 2.24) is 0 Å². The van der Waals surface area contributed by atoms with Gasteiger partial charge in [0.1, 0.15) is 0 Å². The van der Waals surface area contributed by atoms with E-state index < -0.39 is 12.1 Å². The van der Waals surface area contributed by atoms with E-state index in [0.717, 1.165) is 0 Å². The first-order valence-electron chi connectivity index (χ1n) is 3.24. The Morgan fingerprint density at radius 2 is 2.33 bits per heavy atom. The smallest absolute Gasteiger partial charge is 0.306 e. The van der Waals surface area contributed by atoms with E-state index in [1.165, 1.54) is 11.3 Å². The zero-order chi connectivity index (χ0) is 9.14. The second-order valence-electron chi connectivity index (χ2n) is 2.26. The van der Waals surface area contributed by atoms with Crippen LogP contribution in [0.3, 0.4) is 0 Å². The number of aliphatic carboxylic acids is 1. The Bertz CT molecular complexity index is 284. The number of rotatable bonds is 3. The number of carboxylic acids is 1. The van der Waals surface area contributed by atoms with Crippen molar-refractivity contribution in [3.63, 3.8) is 0 Å². The molecule has 5 heteroatoms. The fourth-order valence-corrected chi connectivity index (χ4v) is 1.82. The summed E-state index contributed by atoms with van der Waals surface area (Å²) in [6, 6.07) is 3.26. The van der Waals surface area contributed by atoms with Crippen LogP contribution in [0.5, 0.6) is 0 Å². The predicted molar refractivity (Wildman–Crippen MR) is 46.5 cm³/mol. The van der Waals surface area contributed by atoms with Crippen LogP contribution >= 0.6 is 22.9 Å². The lowest BCUT2D eigenvalue weighted by Crippen LogP contribution is -2.03. The lowest BCUT2D eigenvalue weighted by molar-refractivity contribution is -0.139. The Morgan fingerprint density at radius 3 is 2.75 bits per heavy atom. The molecule has 3 nitrogen and oxygen atoms in total. The van der Waals surface area contributed by atoms with Gasteiger partial charge in [-0.2, -0.15) is 0 Å². The molecule has 0 saturated heterocycles. The van der Waals surface area contributed by atoms with Gasteiger partial charge in [-0.3, -0.25) is 4.79 Å². The van der Waals surface area contributed by atoms with Crippen molar-refractivity contribution >= 4 is 28.9 Å². The molecule has 2 N–H and O–H groups in total. The molecule has 0 radical (unpaired) electrons. The molecule has 1 unspecified atom stereocenters. The summed E-state index contributed by atoms with van der Waals surface area (Å²) >= 11 is 6.79. The maximum absolute atomic E-state index is 10.2. The molecule has 1 aromatic rings. The highest BCUT2D eigenvalue weighted by Crippen LogP contribution is 2.28. The Hall–Kier alpha value is -0.580. The zero-order valence-electron chi connectivity index (χ0n) is 6.03. The number of carboxylic acid groups (broad SMARTS) is 1. The summed E-state index contributed by atoms with van der Waals surface area (Å²) in [4.78, 5) is 10.8. The van der Waals surface area contributed by atoms with Gasteiger partial charge in [0.25, 0.3) is 0 Å². The summed E-state index contributed by atoms with van der Waals surface area (Å²) in [5.41, 5.74) is 0. The third kappa shape index (κ3) is 2.48. The van der Waals surface area contributed by atoms with Gasteiger partial charge >= 0.3 is 5.97 Å². The zero-order valence-corrected chi connectivity index (χ0v) is 7.60. The van der Waals surface area contributed by atoms with Crippen LogP contribution in [0.15, 0.2) is 12.1 Å². The highest BCUT2D eigenvalue weighted by Gasteiger charge is 2.13. The van der Waals surface area contributed by atoms with Gasteiger partial charge in [0.15, 0.2) is 0 Å². The molecule has 0 aliphatic heterocycles. The molecule has 12 heavy (non-hydrogen) atoms. The van der Waals surface area contributed by atoms with Gasteiger partial charge in [0.05, 0.1) is 16.9 Å². The molecule has 0 amide bonds. The van der Waals surface area contributed by atoms with E-state index in [9.17, 15) is 9.90 Å². The standard InChI is InChI=1S/C7H7ClO3S/c8-6-2-1-5(12-6)4(9)3-7(10)11/h1-2,4,9H,3H2,(H,10,11). The number of hydrogen-bond acceptors (Lipinski definition) is 3. The van der Waals surface area contributed by atoms with Crippen LogP contribution in [0.25, 0.3) is 0 Å². The lowest BCUT2D eigenvalue weighted by Gasteiger charge is -2.02. The van der Waals surface area contributed by atoms with Crippen LogP contribution in [0.4, 0.5) is 0 Å². The maximum atomic E-state index is 10.2. The van der Waals surface area contributed by atoms with E-state index in [4.69, 9.17) is 16.7 Å². The van der Waals surface area contributed by atoms with E-state index in [-0.39, 0.29) is 6.42 Å². The molecule has 0 bridgehead atoms. The molecule has 0 saturated carbocycles. The normalized spacial score (nSPS) is 12.8. The monoisotopic (exact) mass is 206 g/mol. The fraction of sp³-hybridized carbons (Fsp3) is 0.286. The van der Waals surface area contributed by atoms with Gasteiger partial charge in [-0.05, 0) is 12.1 Å². The van der Waals surface area contributed by atoms with Crippen molar-refractivity contribution in [3.05, 3.63) is 21.3 Å². The molecule has 66 valence electrons. The van der Waals surface area contributed by atoms with Crippen LogP contribution < -0.4 is 0 Å². The molecule has 1 aromatic heterocycles. The second kappa shape index (κ2) is 3.89. The highest BCUT2D eigenvalue weighted by molar-refractivity contribution is 7.16. The average molecular weight is 207 g/mol. The Kier molecular flexibility index (Phi) is 3.08. The largest absolute Gasteiger partial charge is 0.481 e. The van der Waals surface area contributed by atoms with Crippen LogP contribution in [-0.2, 0) is 4.79 Å². The summed E-state index contributed by atoms with van der Waals surface area (Å²) < 4.78 is 0.550. The second-order valence-corrected chi connectivity index (χ2v) is 4.00. The first-order chi connectivity index (χ1) is 5.59. The third-order valence-corrected chi connectivity index (χ3v) is 2.62. The molecule has 0 aliphatic carbocycles. The molecule has 1 rings (SSSR count). The van der Waals surface area contributed by atoms with Crippen LogP contribution in [0.2, 0.25) is 4.34 Å². The Morgan fingerprint density at radius 1 is 1.67 bits per heavy atom. The summed E-state index contributed by atoms with van der Waals surface area (Å²) in [6.07, 6.45) is -1.23. The van der Waals surface area contributed by atoms with Crippen molar-refractivity contribution in [1.29, 1.82) is 0 Å². The van der Waals surface area contributed by atoms with E-state index in [1.807, 2.05) is 0 Å². The molecule has 0 aliphatic rings. The van der Waals surface area contributed by atoms with E-state index in [2.05, 4.69) is 0 Å². The molecule has 0 aromatic carbocycles. The van der Waals surface area contributed by atoms with Crippen molar-refractivity contribution < 1.29 is 15.0 Å². The minimum absolute atomic E-state index is 0.281. The van der Waals surface area contributed by atoms with Gasteiger partial charge in [-0.15, -0.1) is 11.3 Å². The number of aliphatic hydroxyl groups excluding tert-OH is 1. The van der Waals surface area contributed by atoms with E-state index in [0.29, 0.717) is 9.21 Å². The van der Waals surface area contributed by atoms with Gasteiger partial charge in [0, 0.05) is 4.88 Å². The number of thiophene rings is 1. The quantitative estimate of drug-likeness (QED) is 0.795. The van der Waals surface area contributed by atoms with Crippen LogP contribution in [0.1, 0.15) is 17.4 Å². The van der Waals surface area contributed by atoms with Gasteiger partial charge < -0.3 is 10.2 Å². The van der Waals surface area contributed by atoms with Gasteiger partial charge in [-0.1, -0.05) is 11.6 Å². The van der Waals surface area contributed by atoms with Crippen molar-refractivity contribution in [2.45, 2.75) is 12.5 Å². The number of carbonyl (C=O) groups is 1. The van der Waals surface area contributed by atoms with Crippen molar-refractivity contribution in [3.8, 4) is 0 Å². The van der Waals surface area contributed by atoms with Gasteiger partial charge in [0.2, 0.25) is 0 Å². The molecular weight excluding hydrogens is 200 g/mol. The topological polar surface area (TPSA) is 57.5 Å². The number of hydrogen-bond donors (Lipinski definition) is 2. The molecular formula is C7H7ClO3S. The lowest BCUT2D eigenvalue weighted by atomic mass is 10.2. The van der Waals surface area contributed by atoms with E-state index in [1.54, 1.807) is 12.1 Å². The molecule has 0 spiro atoms. The SMILES string of the molecule is O=C(O)CC(O)c1ccc(Cl)s1. The molecule has 1 heterocycles. The first-order valence-corrected chi connectivity index (χ1v) is 4.44. The third-order valence-electron chi connectivity index (χ3n) is 1.29. The van der Waals surface area contributed by atoms with Crippen LogP contribution in [-0.4, -0.2) is 16.2 Å². The summed E-state index contributed by atoms with van der Waals surface area (Å²) in [7, 11) is 0. The predicted octanol–water partition coefficient (Wildman–Crippen LogP) is 1.91. The summed E-state index contributed by atoms with van der Waals surface area (Å²) in [6.45, 7) is 0. The summed E-state index contributed by atoms with van der Waals surface area (Å²) in [5.74, 6) is -1.02. The fourth-order valence-electron chi connectivity index (χ4n) is 0.773. The minimum atomic E-state index is -1.02. The first kappa shape index (κ1) is 9.51. The maximum Gasteiger partial charge on any atom is 0.306 e. The molecule has 0 fully saturated rings. The Labute approximate surface area is 78.2 Å². The van der Waals surface area contributed by atoms with Crippen molar-refractivity contribution in [2.24, 2.45) is 0 Å². The van der Waals surface area contributed by atoms with Gasteiger partial charge in [-0.25, -0.2) is 0 Å². The average Bonchev–Trinajstić information content (AvgIpc) is 2.34.